The molecule has 0 radical (unpaired) electrons. The zero-order valence-electron chi connectivity index (χ0n) is 14.3. The van der Waals surface area contributed by atoms with Crippen molar-refractivity contribution in [1.29, 1.82) is 0 Å². The molecule has 0 saturated heterocycles. The number of benzene rings is 3. The smallest absolute Gasteiger partial charge is 0.119 e. The third-order valence-electron chi connectivity index (χ3n) is 4.53. The Bertz CT molecular complexity index is 1010. The molecule has 3 heteroatoms. The van der Waals surface area contributed by atoms with Gasteiger partial charge < -0.3 is 4.74 Å². The molecule has 1 aromatic heterocycles. The lowest BCUT2D eigenvalue weighted by molar-refractivity contribution is 0.415. The lowest BCUT2D eigenvalue weighted by Gasteiger charge is -2.11. The van der Waals surface area contributed by atoms with Gasteiger partial charge in [-0.3, -0.25) is 0 Å². The molecule has 0 aliphatic rings. The summed E-state index contributed by atoms with van der Waals surface area (Å²) >= 11 is 1.73. The average molecular weight is 345 g/mol. The standard InChI is InChI=1S/C22H19NOS/c1-15(22-23-21(14-25-22)16-6-4-3-5-7-16)17-8-9-19-13-20(24-2)11-10-18(19)12-17/h3-15H,1-2H3. The minimum atomic E-state index is 0.272. The maximum atomic E-state index is 5.31. The van der Waals surface area contributed by atoms with E-state index in [0.29, 0.717) is 0 Å². The van der Waals surface area contributed by atoms with Crippen LogP contribution in [0, 0.1) is 0 Å². The summed E-state index contributed by atoms with van der Waals surface area (Å²) in [5.74, 6) is 1.16. The highest BCUT2D eigenvalue weighted by atomic mass is 32.1. The summed E-state index contributed by atoms with van der Waals surface area (Å²) < 4.78 is 5.31. The van der Waals surface area contributed by atoms with Crippen molar-refractivity contribution in [3.05, 3.63) is 82.7 Å². The Morgan fingerprint density at radius 3 is 2.48 bits per heavy atom. The lowest BCUT2D eigenvalue weighted by Crippen LogP contribution is -1.95. The summed E-state index contributed by atoms with van der Waals surface area (Å²) in [5, 5.41) is 5.71. The third kappa shape index (κ3) is 3.15. The van der Waals surface area contributed by atoms with Crippen molar-refractivity contribution in [1.82, 2.24) is 4.98 Å². The Labute approximate surface area is 151 Å². The van der Waals surface area contributed by atoms with Crippen LogP contribution >= 0.6 is 11.3 Å². The number of thiazole rings is 1. The van der Waals surface area contributed by atoms with Crippen molar-refractivity contribution in [2.45, 2.75) is 12.8 Å². The minimum absolute atomic E-state index is 0.272. The predicted octanol–water partition coefficient (Wildman–Crippen LogP) is 6.12. The molecule has 0 bridgehead atoms. The Morgan fingerprint density at radius 1 is 0.920 bits per heavy atom. The fraction of sp³-hybridized carbons (Fsp3) is 0.136. The van der Waals surface area contributed by atoms with Gasteiger partial charge in [0.15, 0.2) is 0 Å². The van der Waals surface area contributed by atoms with E-state index in [0.717, 1.165) is 16.5 Å². The van der Waals surface area contributed by atoms with Crippen LogP contribution in [0.15, 0.2) is 72.1 Å². The van der Waals surface area contributed by atoms with Gasteiger partial charge in [0.05, 0.1) is 12.8 Å². The average Bonchev–Trinajstić information content (AvgIpc) is 3.17. The van der Waals surface area contributed by atoms with Crippen LogP contribution in [0.25, 0.3) is 22.0 Å². The van der Waals surface area contributed by atoms with Crippen molar-refractivity contribution in [3.63, 3.8) is 0 Å². The first-order valence-electron chi connectivity index (χ1n) is 8.33. The fourth-order valence-corrected chi connectivity index (χ4v) is 3.92. The van der Waals surface area contributed by atoms with Crippen molar-refractivity contribution < 1.29 is 4.74 Å². The monoisotopic (exact) mass is 345 g/mol. The summed E-state index contributed by atoms with van der Waals surface area (Å²) in [7, 11) is 1.70. The summed E-state index contributed by atoms with van der Waals surface area (Å²) in [5.41, 5.74) is 3.51. The highest BCUT2D eigenvalue weighted by molar-refractivity contribution is 7.10. The quantitative estimate of drug-likeness (QED) is 0.444. The summed E-state index contributed by atoms with van der Waals surface area (Å²) in [6.45, 7) is 2.22. The van der Waals surface area contributed by atoms with E-state index in [1.807, 2.05) is 12.1 Å². The number of ether oxygens (including phenoxy) is 1. The van der Waals surface area contributed by atoms with Crippen LogP contribution in [0.4, 0.5) is 0 Å². The number of fused-ring (bicyclic) bond motifs is 1. The van der Waals surface area contributed by atoms with Crippen LogP contribution in [0.5, 0.6) is 5.75 Å². The summed E-state index contributed by atoms with van der Waals surface area (Å²) in [4.78, 5) is 4.86. The molecule has 4 aromatic rings. The van der Waals surface area contributed by atoms with E-state index in [1.54, 1.807) is 18.4 Å². The second-order valence-corrected chi connectivity index (χ2v) is 7.02. The van der Waals surface area contributed by atoms with Crippen molar-refractivity contribution >= 4 is 22.1 Å². The highest BCUT2D eigenvalue weighted by Gasteiger charge is 2.14. The van der Waals surface area contributed by atoms with Gasteiger partial charge >= 0.3 is 0 Å². The highest BCUT2D eigenvalue weighted by Crippen LogP contribution is 2.32. The first-order chi connectivity index (χ1) is 12.2. The number of hydrogen-bond donors (Lipinski definition) is 0. The number of nitrogens with zero attached hydrogens (tertiary/aromatic N) is 1. The fourth-order valence-electron chi connectivity index (χ4n) is 3.01. The van der Waals surface area contributed by atoms with Crippen molar-refractivity contribution in [3.8, 4) is 17.0 Å². The second kappa shape index (κ2) is 6.69. The van der Waals surface area contributed by atoms with Crippen LogP contribution in [0.1, 0.15) is 23.4 Å². The Balaban J connectivity index is 1.65. The third-order valence-corrected chi connectivity index (χ3v) is 5.56. The van der Waals surface area contributed by atoms with Gasteiger partial charge in [-0.15, -0.1) is 11.3 Å². The predicted molar refractivity (Wildman–Crippen MR) is 106 cm³/mol. The van der Waals surface area contributed by atoms with Crippen molar-refractivity contribution in [2.75, 3.05) is 7.11 Å². The molecule has 1 atom stereocenters. The topological polar surface area (TPSA) is 22.1 Å². The van der Waals surface area contributed by atoms with Crippen LogP contribution in [-0.2, 0) is 0 Å². The number of hydrogen-bond acceptors (Lipinski definition) is 3. The lowest BCUT2D eigenvalue weighted by atomic mass is 9.98. The summed E-state index contributed by atoms with van der Waals surface area (Å²) in [6.07, 6.45) is 0. The molecule has 0 aliphatic heterocycles. The van der Waals surface area contributed by atoms with Gasteiger partial charge in [-0.2, -0.15) is 0 Å². The van der Waals surface area contributed by atoms with Crippen LogP contribution < -0.4 is 4.74 Å². The van der Waals surface area contributed by atoms with E-state index in [4.69, 9.17) is 9.72 Å². The molecule has 2 nitrogen and oxygen atoms in total. The van der Waals surface area contributed by atoms with E-state index in [1.165, 1.54) is 21.9 Å². The van der Waals surface area contributed by atoms with Gasteiger partial charge in [-0.05, 0) is 28.5 Å². The van der Waals surface area contributed by atoms with Gasteiger partial charge in [0.1, 0.15) is 10.8 Å². The zero-order chi connectivity index (χ0) is 17.2. The molecule has 0 aliphatic carbocycles. The number of rotatable bonds is 4. The molecule has 124 valence electrons. The largest absolute Gasteiger partial charge is 0.497 e. The second-order valence-electron chi connectivity index (χ2n) is 6.13. The van der Waals surface area contributed by atoms with Gasteiger partial charge in [-0.25, -0.2) is 4.98 Å². The maximum absolute atomic E-state index is 5.31. The molecule has 25 heavy (non-hydrogen) atoms. The molecule has 0 fully saturated rings. The molecule has 0 amide bonds. The first kappa shape index (κ1) is 15.9. The molecule has 3 aromatic carbocycles. The molecule has 0 saturated carbocycles. The molecule has 0 spiro atoms. The SMILES string of the molecule is COc1ccc2cc(C(C)c3nc(-c4ccccc4)cs3)ccc2c1. The Kier molecular flexibility index (Phi) is 4.24. The Hall–Kier alpha value is -2.65. The molecule has 4 rings (SSSR count). The maximum Gasteiger partial charge on any atom is 0.119 e. The minimum Gasteiger partial charge on any atom is -0.497 e. The summed E-state index contributed by atoms with van der Waals surface area (Å²) in [6, 6.07) is 23.1. The van der Waals surface area contributed by atoms with Crippen LogP contribution in [0.3, 0.4) is 0 Å². The molecule has 0 N–H and O–H groups in total. The van der Waals surface area contributed by atoms with Crippen molar-refractivity contribution in [2.24, 2.45) is 0 Å². The first-order valence-corrected chi connectivity index (χ1v) is 9.21. The van der Waals surface area contributed by atoms with Gasteiger partial charge in [0.2, 0.25) is 0 Å². The van der Waals surface area contributed by atoms with E-state index >= 15 is 0 Å². The van der Waals surface area contributed by atoms with E-state index in [2.05, 4.69) is 66.9 Å². The molecule has 1 heterocycles. The van der Waals surface area contributed by atoms with Gasteiger partial charge in [0.25, 0.3) is 0 Å². The Morgan fingerprint density at radius 2 is 1.68 bits per heavy atom. The van der Waals surface area contributed by atoms with Crippen LogP contribution in [-0.4, -0.2) is 12.1 Å². The normalized spacial score (nSPS) is 12.2. The van der Waals surface area contributed by atoms with Crippen LogP contribution in [0.2, 0.25) is 0 Å². The van der Waals surface area contributed by atoms with Gasteiger partial charge in [-0.1, -0.05) is 61.5 Å². The molecular formula is C22H19NOS. The molecule has 1 unspecified atom stereocenters. The van der Waals surface area contributed by atoms with E-state index in [-0.39, 0.29) is 5.92 Å². The van der Waals surface area contributed by atoms with E-state index in [9.17, 15) is 0 Å². The van der Waals surface area contributed by atoms with E-state index < -0.39 is 0 Å². The zero-order valence-corrected chi connectivity index (χ0v) is 15.1. The number of methoxy groups -OCH3 is 1. The number of aromatic nitrogens is 1. The molecular weight excluding hydrogens is 326 g/mol. The van der Waals surface area contributed by atoms with Gasteiger partial charge in [0, 0.05) is 16.9 Å².